The van der Waals surface area contributed by atoms with Gasteiger partial charge in [-0.1, -0.05) is 32.4 Å². The maximum Gasteiger partial charge on any atom is 0.104 e. The molecule has 0 aromatic carbocycles. The van der Waals surface area contributed by atoms with Gasteiger partial charge in [-0.3, -0.25) is 0 Å². The van der Waals surface area contributed by atoms with Gasteiger partial charge in [-0.2, -0.15) is 0 Å². The Labute approximate surface area is 122 Å². The van der Waals surface area contributed by atoms with E-state index in [9.17, 15) is 4.39 Å². The molecule has 0 aliphatic heterocycles. The fraction of sp³-hybridized carbons (Fsp3) is 0.789. The molecule has 0 aromatic heterocycles. The first-order chi connectivity index (χ1) is 9.55. The number of halogens is 1. The third-order valence-corrected chi connectivity index (χ3v) is 7.47. The minimum atomic E-state index is 0.131. The normalized spacial score (nSPS) is 50.6. The molecule has 0 saturated heterocycles. The molecule has 110 valence electrons. The first kappa shape index (κ1) is 13.1. The Morgan fingerprint density at radius 1 is 1.10 bits per heavy atom. The van der Waals surface area contributed by atoms with Crippen molar-refractivity contribution in [3.63, 3.8) is 0 Å². The summed E-state index contributed by atoms with van der Waals surface area (Å²) in [5.74, 6) is 2.37. The summed E-state index contributed by atoms with van der Waals surface area (Å²) in [7, 11) is 0. The predicted molar refractivity (Wildman–Crippen MR) is 80.9 cm³/mol. The molecule has 0 spiro atoms. The lowest BCUT2D eigenvalue weighted by molar-refractivity contribution is -0.0251. The van der Waals surface area contributed by atoms with E-state index in [2.05, 4.69) is 26.0 Å². The van der Waals surface area contributed by atoms with Crippen molar-refractivity contribution < 1.29 is 4.39 Å². The molecule has 0 heterocycles. The van der Waals surface area contributed by atoms with Crippen LogP contribution in [-0.2, 0) is 0 Å². The molecular formula is C19H27F. The van der Waals surface area contributed by atoms with Crippen LogP contribution in [0.5, 0.6) is 0 Å². The van der Waals surface area contributed by atoms with Crippen molar-refractivity contribution in [1.29, 1.82) is 0 Å². The molecule has 0 unspecified atom stereocenters. The summed E-state index contributed by atoms with van der Waals surface area (Å²) in [5.41, 5.74) is 1.72. The molecule has 2 saturated carbocycles. The van der Waals surface area contributed by atoms with Gasteiger partial charge in [-0.25, -0.2) is 4.39 Å². The number of hydrogen-bond acceptors (Lipinski definition) is 0. The molecular weight excluding hydrogens is 247 g/mol. The maximum atomic E-state index is 14.7. The van der Waals surface area contributed by atoms with Gasteiger partial charge >= 0.3 is 0 Å². The highest BCUT2D eigenvalue weighted by Crippen LogP contribution is 2.65. The van der Waals surface area contributed by atoms with E-state index in [1.165, 1.54) is 32.1 Å². The molecule has 5 atom stereocenters. The molecule has 4 aliphatic carbocycles. The topological polar surface area (TPSA) is 0 Å². The van der Waals surface area contributed by atoms with Crippen LogP contribution in [0.2, 0.25) is 0 Å². The van der Waals surface area contributed by atoms with Crippen LogP contribution in [0.4, 0.5) is 4.39 Å². The molecule has 20 heavy (non-hydrogen) atoms. The first-order valence-electron chi connectivity index (χ1n) is 8.60. The molecule has 0 amide bonds. The van der Waals surface area contributed by atoms with Gasteiger partial charge in [0.2, 0.25) is 0 Å². The lowest BCUT2D eigenvalue weighted by atomic mass is 9.49. The molecule has 0 aromatic rings. The van der Waals surface area contributed by atoms with Crippen molar-refractivity contribution in [2.24, 2.45) is 28.6 Å². The standard InChI is InChI=1S/C19H27F/c1-18-9-5-7-14(18)13-12-17(20)16-6-3-4-10-19(16,2)15(13)8-11-18/h3,6,13-15H,4-5,7-12H2,1-2H3/t13-,14-,15-,18-,19+/m0/s1. The second kappa shape index (κ2) is 4.21. The summed E-state index contributed by atoms with van der Waals surface area (Å²) in [5, 5.41) is 0. The Morgan fingerprint density at radius 3 is 2.80 bits per heavy atom. The van der Waals surface area contributed by atoms with Gasteiger partial charge in [0.15, 0.2) is 0 Å². The SMILES string of the molecule is C[C@@]12CCC[C@H]1[C@@H]1CC(F)=C3C=CCC[C@]3(C)[C@H]1CC2. The highest BCUT2D eigenvalue weighted by molar-refractivity contribution is 5.36. The van der Waals surface area contributed by atoms with E-state index < -0.39 is 0 Å². The summed E-state index contributed by atoms with van der Waals surface area (Å²) in [6.07, 6.45) is 14.2. The van der Waals surface area contributed by atoms with Gasteiger partial charge in [-0.05, 0) is 72.7 Å². The van der Waals surface area contributed by atoms with Crippen molar-refractivity contribution in [2.75, 3.05) is 0 Å². The van der Waals surface area contributed by atoms with Crippen LogP contribution in [0, 0.1) is 28.6 Å². The largest absolute Gasteiger partial charge is 0.211 e. The Balaban J connectivity index is 1.77. The van der Waals surface area contributed by atoms with Gasteiger partial charge in [0.1, 0.15) is 5.83 Å². The van der Waals surface area contributed by atoms with Gasteiger partial charge in [-0.15, -0.1) is 0 Å². The second-order valence-corrected chi connectivity index (χ2v) is 8.34. The average Bonchev–Trinajstić information content (AvgIpc) is 2.81. The van der Waals surface area contributed by atoms with Crippen LogP contribution in [0.25, 0.3) is 0 Å². The highest BCUT2D eigenvalue weighted by Gasteiger charge is 2.56. The van der Waals surface area contributed by atoms with Gasteiger partial charge in [0, 0.05) is 6.42 Å². The van der Waals surface area contributed by atoms with Gasteiger partial charge in [0.25, 0.3) is 0 Å². The van der Waals surface area contributed by atoms with E-state index in [4.69, 9.17) is 0 Å². The summed E-state index contributed by atoms with van der Waals surface area (Å²) >= 11 is 0. The van der Waals surface area contributed by atoms with Crippen LogP contribution in [0.3, 0.4) is 0 Å². The lowest BCUT2D eigenvalue weighted by Crippen LogP contribution is -2.48. The van der Waals surface area contributed by atoms with Crippen molar-refractivity contribution in [3.8, 4) is 0 Å². The summed E-state index contributed by atoms with van der Waals surface area (Å²) in [6, 6.07) is 0. The van der Waals surface area contributed by atoms with Crippen molar-refractivity contribution in [3.05, 3.63) is 23.6 Å². The Hall–Kier alpha value is -0.590. The summed E-state index contributed by atoms with van der Waals surface area (Å²) < 4.78 is 14.7. The van der Waals surface area contributed by atoms with Crippen LogP contribution in [0.1, 0.15) is 65.2 Å². The van der Waals surface area contributed by atoms with E-state index in [1.54, 1.807) is 0 Å². The van der Waals surface area contributed by atoms with Crippen molar-refractivity contribution >= 4 is 0 Å². The Kier molecular flexibility index (Phi) is 2.76. The van der Waals surface area contributed by atoms with Crippen LogP contribution < -0.4 is 0 Å². The molecule has 2 fully saturated rings. The Bertz CT molecular complexity index is 488. The van der Waals surface area contributed by atoms with Gasteiger partial charge in [0.05, 0.1) is 0 Å². The van der Waals surface area contributed by atoms with E-state index >= 15 is 0 Å². The van der Waals surface area contributed by atoms with Crippen molar-refractivity contribution in [1.82, 2.24) is 0 Å². The second-order valence-electron chi connectivity index (χ2n) is 8.34. The lowest BCUT2D eigenvalue weighted by Gasteiger charge is -2.56. The number of rotatable bonds is 0. The van der Waals surface area contributed by atoms with Crippen molar-refractivity contribution in [2.45, 2.75) is 65.2 Å². The van der Waals surface area contributed by atoms with E-state index in [0.29, 0.717) is 11.3 Å². The van der Waals surface area contributed by atoms with E-state index in [-0.39, 0.29) is 11.2 Å². The molecule has 4 rings (SSSR count). The van der Waals surface area contributed by atoms with Crippen LogP contribution in [0.15, 0.2) is 23.6 Å². The summed E-state index contributed by atoms with van der Waals surface area (Å²) in [6.45, 7) is 4.85. The van der Waals surface area contributed by atoms with E-state index in [0.717, 1.165) is 36.7 Å². The van der Waals surface area contributed by atoms with Crippen LogP contribution in [-0.4, -0.2) is 0 Å². The third kappa shape index (κ3) is 1.58. The molecule has 0 bridgehead atoms. The minimum Gasteiger partial charge on any atom is -0.211 e. The highest BCUT2D eigenvalue weighted by atomic mass is 19.1. The number of fused-ring (bicyclic) bond motifs is 5. The molecule has 0 nitrogen and oxygen atoms in total. The number of hydrogen-bond donors (Lipinski definition) is 0. The monoisotopic (exact) mass is 274 g/mol. The zero-order valence-corrected chi connectivity index (χ0v) is 12.9. The fourth-order valence-corrected chi connectivity index (χ4v) is 6.37. The molecule has 0 radical (unpaired) electrons. The first-order valence-corrected chi connectivity index (χ1v) is 8.60. The maximum absolute atomic E-state index is 14.7. The quantitative estimate of drug-likeness (QED) is 0.523. The van der Waals surface area contributed by atoms with Gasteiger partial charge < -0.3 is 0 Å². The Morgan fingerprint density at radius 2 is 1.95 bits per heavy atom. The minimum absolute atomic E-state index is 0.131. The zero-order chi connectivity index (χ0) is 14.0. The molecule has 4 aliphatic rings. The zero-order valence-electron chi connectivity index (χ0n) is 12.9. The molecule has 0 N–H and O–H groups in total. The fourth-order valence-electron chi connectivity index (χ4n) is 6.37. The van der Waals surface area contributed by atoms with Crippen LogP contribution >= 0.6 is 0 Å². The third-order valence-electron chi connectivity index (χ3n) is 7.47. The smallest absolute Gasteiger partial charge is 0.104 e. The summed E-state index contributed by atoms with van der Waals surface area (Å²) in [4.78, 5) is 0. The average molecular weight is 274 g/mol. The molecule has 1 heteroatoms. The predicted octanol–water partition coefficient (Wildman–Crippen LogP) is 5.80. The number of allylic oxidation sites excluding steroid dienone is 4. The van der Waals surface area contributed by atoms with E-state index in [1.807, 2.05) is 0 Å².